The van der Waals surface area contributed by atoms with Crippen LogP contribution in [-0.2, 0) is 9.59 Å². The Morgan fingerprint density at radius 1 is 0.853 bits per heavy atom. The molecule has 0 aromatic heterocycles. The molecule has 0 atom stereocenters. The monoisotopic (exact) mass is 458 g/mol. The van der Waals surface area contributed by atoms with Gasteiger partial charge < -0.3 is 24.3 Å². The van der Waals surface area contributed by atoms with Crippen LogP contribution in [0.1, 0.15) is 11.1 Å². The van der Waals surface area contributed by atoms with Crippen LogP contribution in [0, 0.1) is 6.92 Å². The summed E-state index contributed by atoms with van der Waals surface area (Å²) in [4.78, 5) is 28.5. The van der Waals surface area contributed by atoms with Gasteiger partial charge in [0.1, 0.15) is 17.2 Å². The number of rotatable bonds is 6. The van der Waals surface area contributed by atoms with Crippen LogP contribution in [-0.4, -0.2) is 32.8 Å². The summed E-state index contributed by atoms with van der Waals surface area (Å²) < 4.78 is 21.6. The van der Waals surface area contributed by atoms with Gasteiger partial charge in [-0.2, -0.15) is 0 Å². The average molecular weight is 458 g/mol. The molecule has 3 aromatic carbocycles. The second-order valence-electron chi connectivity index (χ2n) is 7.79. The Bertz CT molecular complexity index is 1330. The summed E-state index contributed by atoms with van der Waals surface area (Å²) in [6.07, 6.45) is 0. The number of methoxy groups -OCH3 is 2. The summed E-state index contributed by atoms with van der Waals surface area (Å²) in [5.74, 6) is 1.06. The minimum absolute atomic E-state index is 0.136. The summed E-state index contributed by atoms with van der Waals surface area (Å²) in [5, 5.41) is 3.14. The number of fused-ring (bicyclic) bond motifs is 1. The fourth-order valence-corrected chi connectivity index (χ4v) is 3.94. The van der Waals surface area contributed by atoms with Gasteiger partial charge in [0.25, 0.3) is 11.8 Å². The maximum Gasteiger partial charge on any atom is 0.282 e. The molecule has 0 unspecified atom stereocenters. The van der Waals surface area contributed by atoms with Crippen molar-refractivity contribution in [2.45, 2.75) is 6.92 Å². The minimum atomic E-state index is -0.509. The molecule has 2 aliphatic heterocycles. The summed E-state index contributed by atoms with van der Waals surface area (Å²) in [6.45, 7) is 2.09. The average Bonchev–Trinajstić information content (AvgIpc) is 3.41. The highest BCUT2D eigenvalue weighted by atomic mass is 16.7. The highest BCUT2D eigenvalue weighted by Crippen LogP contribution is 2.41. The summed E-state index contributed by atoms with van der Waals surface area (Å²) in [7, 11) is 3.00. The van der Waals surface area contributed by atoms with Crippen molar-refractivity contribution in [1.82, 2.24) is 0 Å². The number of carbonyl (C=O) groups is 2. The normalized spacial score (nSPS) is 14.6. The van der Waals surface area contributed by atoms with Crippen molar-refractivity contribution < 1.29 is 28.5 Å². The molecule has 0 fully saturated rings. The van der Waals surface area contributed by atoms with Crippen molar-refractivity contribution in [2.24, 2.45) is 0 Å². The Hall–Kier alpha value is -4.46. The maximum absolute atomic E-state index is 13.7. The van der Waals surface area contributed by atoms with Gasteiger partial charge in [-0.1, -0.05) is 29.8 Å². The summed E-state index contributed by atoms with van der Waals surface area (Å²) >= 11 is 0. The van der Waals surface area contributed by atoms with Gasteiger partial charge in [0.2, 0.25) is 6.79 Å². The lowest BCUT2D eigenvalue weighted by Gasteiger charge is -2.19. The molecule has 8 heteroatoms. The molecule has 2 heterocycles. The van der Waals surface area contributed by atoms with Gasteiger partial charge in [-0.05, 0) is 36.8 Å². The highest BCUT2D eigenvalue weighted by molar-refractivity contribution is 6.46. The van der Waals surface area contributed by atoms with E-state index in [0.717, 1.165) is 10.5 Å². The van der Waals surface area contributed by atoms with Gasteiger partial charge in [0, 0.05) is 17.8 Å². The largest absolute Gasteiger partial charge is 0.497 e. The van der Waals surface area contributed by atoms with Crippen LogP contribution >= 0.6 is 0 Å². The van der Waals surface area contributed by atoms with Crippen LogP contribution in [0.25, 0.3) is 5.57 Å². The number of carbonyl (C=O) groups excluding carboxylic acids is 2. The first-order chi connectivity index (χ1) is 16.5. The zero-order valence-electron chi connectivity index (χ0n) is 18.9. The Balaban J connectivity index is 1.62. The molecule has 0 saturated carbocycles. The van der Waals surface area contributed by atoms with E-state index >= 15 is 0 Å². The molecule has 0 bridgehead atoms. The molecule has 2 amide bonds. The van der Waals surface area contributed by atoms with E-state index in [0.29, 0.717) is 39.9 Å². The third-order valence-corrected chi connectivity index (χ3v) is 5.69. The first-order valence-corrected chi connectivity index (χ1v) is 10.6. The van der Waals surface area contributed by atoms with Gasteiger partial charge in [-0.3, -0.25) is 9.59 Å². The molecule has 0 aliphatic carbocycles. The molecule has 172 valence electrons. The van der Waals surface area contributed by atoms with Gasteiger partial charge in [0.05, 0.1) is 25.5 Å². The molecule has 1 N–H and O–H groups in total. The molecule has 0 saturated heterocycles. The van der Waals surface area contributed by atoms with Crippen LogP contribution in [0.15, 0.2) is 66.4 Å². The maximum atomic E-state index is 13.7. The zero-order chi connectivity index (χ0) is 23.8. The second-order valence-corrected chi connectivity index (χ2v) is 7.79. The molecule has 2 aliphatic rings. The molecule has 8 nitrogen and oxygen atoms in total. The van der Waals surface area contributed by atoms with Crippen molar-refractivity contribution in [2.75, 3.05) is 31.2 Å². The predicted octanol–water partition coefficient (Wildman–Crippen LogP) is 4.14. The number of aryl methyl sites for hydroxylation is 1. The van der Waals surface area contributed by atoms with E-state index in [1.807, 2.05) is 31.2 Å². The van der Waals surface area contributed by atoms with Gasteiger partial charge >= 0.3 is 0 Å². The molecule has 0 spiro atoms. The number of benzene rings is 3. The lowest BCUT2D eigenvalue weighted by atomic mass is 10.0. The number of imide groups is 1. The van der Waals surface area contributed by atoms with Gasteiger partial charge in [-0.15, -0.1) is 0 Å². The van der Waals surface area contributed by atoms with Crippen molar-refractivity contribution in [1.29, 1.82) is 0 Å². The number of nitrogens with zero attached hydrogens (tertiary/aromatic N) is 1. The van der Waals surface area contributed by atoms with E-state index in [9.17, 15) is 9.59 Å². The summed E-state index contributed by atoms with van der Waals surface area (Å²) in [6, 6.07) is 17.6. The highest BCUT2D eigenvalue weighted by Gasteiger charge is 2.41. The van der Waals surface area contributed by atoms with E-state index in [2.05, 4.69) is 5.32 Å². The topological polar surface area (TPSA) is 86.3 Å². The SMILES string of the molecule is COc1ccc(OC)c(N2C(=O)C(Nc3ccc4c(c3)OCO4)=C(c3ccc(C)cc3)C2=O)c1. The Morgan fingerprint density at radius 3 is 2.35 bits per heavy atom. The summed E-state index contributed by atoms with van der Waals surface area (Å²) in [5.41, 5.74) is 2.95. The molecule has 34 heavy (non-hydrogen) atoms. The molecular formula is C26H22N2O6. The lowest BCUT2D eigenvalue weighted by molar-refractivity contribution is -0.120. The smallest absolute Gasteiger partial charge is 0.282 e. The fraction of sp³-hybridized carbons (Fsp3) is 0.154. The number of nitrogens with one attached hydrogen (secondary N) is 1. The van der Waals surface area contributed by atoms with Crippen LogP contribution in [0.5, 0.6) is 23.0 Å². The third-order valence-electron chi connectivity index (χ3n) is 5.69. The lowest BCUT2D eigenvalue weighted by Crippen LogP contribution is -2.32. The molecular weight excluding hydrogens is 436 g/mol. The standard InChI is InChI=1S/C26H22N2O6/c1-15-4-6-16(7-5-15)23-24(27-17-8-10-21-22(12-17)34-14-33-21)26(30)28(25(23)29)19-13-18(31-2)9-11-20(19)32-3/h4-13,27H,14H2,1-3H3. The Kier molecular flexibility index (Phi) is 5.33. The third kappa shape index (κ3) is 3.59. The van der Waals surface area contributed by atoms with E-state index < -0.39 is 11.8 Å². The van der Waals surface area contributed by atoms with Crippen molar-refractivity contribution in [3.05, 3.63) is 77.5 Å². The number of hydrogen-bond donors (Lipinski definition) is 1. The first-order valence-electron chi connectivity index (χ1n) is 10.6. The molecule has 5 rings (SSSR count). The van der Waals surface area contributed by atoms with Crippen LogP contribution in [0.3, 0.4) is 0 Å². The Labute approximate surface area is 196 Å². The van der Waals surface area contributed by atoms with Gasteiger partial charge in [-0.25, -0.2) is 4.90 Å². The van der Waals surface area contributed by atoms with Crippen molar-refractivity contribution >= 4 is 28.8 Å². The van der Waals surface area contributed by atoms with E-state index in [-0.39, 0.29) is 18.1 Å². The molecule has 3 aromatic rings. The van der Waals surface area contributed by atoms with E-state index in [1.165, 1.54) is 14.2 Å². The van der Waals surface area contributed by atoms with Crippen LogP contribution in [0.4, 0.5) is 11.4 Å². The number of ether oxygens (including phenoxy) is 4. The fourth-order valence-electron chi connectivity index (χ4n) is 3.94. The van der Waals surface area contributed by atoms with E-state index in [1.54, 1.807) is 36.4 Å². The molecule has 0 radical (unpaired) electrons. The number of amides is 2. The second kappa shape index (κ2) is 8.47. The predicted molar refractivity (Wildman–Crippen MR) is 126 cm³/mol. The van der Waals surface area contributed by atoms with E-state index in [4.69, 9.17) is 18.9 Å². The quantitative estimate of drug-likeness (QED) is 0.556. The van der Waals surface area contributed by atoms with Crippen molar-refractivity contribution in [3.63, 3.8) is 0 Å². The zero-order valence-corrected chi connectivity index (χ0v) is 18.9. The minimum Gasteiger partial charge on any atom is -0.497 e. The van der Waals surface area contributed by atoms with Gasteiger partial charge in [0.15, 0.2) is 11.5 Å². The van der Waals surface area contributed by atoms with Crippen LogP contribution < -0.4 is 29.2 Å². The van der Waals surface area contributed by atoms with Crippen molar-refractivity contribution in [3.8, 4) is 23.0 Å². The van der Waals surface area contributed by atoms with Crippen LogP contribution in [0.2, 0.25) is 0 Å². The number of anilines is 2. The first kappa shape index (κ1) is 21.4. The Morgan fingerprint density at radius 2 is 1.62 bits per heavy atom. The number of hydrogen-bond acceptors (Lipinski definition) is 7.